The Morgan fingerprint density at radius 3 is 2.95 bits per heavy atom. The molecule has 2 aromatic rings. The number of fused-ring (bicyclic) bond motifs is 3. The fourth-order valence-electron chi connectivity index (χ4n) is 5.46. The van der Waals surface area contributed by atoms with Gasteiger partial charge in [0.2, 0.25) is 11.8 Å². The zero-order chi connectivity index (χ0) is 27.6. The van der Waals surface area contributed by atoms with Gasteiger partial charge in [-0.25, -0.2) is 0 Å². The van der Waals surface area contributed by atoms with Crippen LogP contribution < -0.4 is 26.0 Å². The molecule has 0 radical (unpaired) electrons. The lowest BCUT2D eigenvalue weighted by molar-refractivity contribution is -0.133. The van der Waals surface area contributed by atoms with E-state index in [9.17, 15) is 9.59 Å². The summed E-state index contributed by atoms with van der Waals surface area (Å²) in [7, 11) is 2.07. The highest BCUT2D eigenvalue weighted by molar-refractivity contribution is 5.78. The smallest absolute Gasteiger partial charge is 0.236 e. The van der Waals surface area contributed by atoms with Crippen LogP contribution in [0.3, 0.4) is 0 Å². The lowest BCUT2D eigenvalue weighted by Gasteiger charge is -2.38. The third kappa shape index (κ3) is 8.66. The predicted molar refractivity (Wildman–Crippen MR) is 153 cm³/mol. The Kier molecular flexibility index (Phi) is 10.6. The average Bonchev–Trinajstić information content (AvgIpc) is 2.95. The van der Waals surface area contributed by atoms with Gasteiger partial charge in [-0.3, -0.25) is 14.6 Å². The maximum Gasteiger partial charge on any atom is 0.236 e. The molecule has 2 amide bonds. The number of ether oxygens (including phenoxy) is 1. The minimum absolute atomic E-state index is 0.0434. The highest BCUT2D eigenvalue weighted by atomic mass is 16.5. The number of nitrogens with one attached hydrogen (secondary N) is 2. The van der Waals surface area contributed by atoms with E-state index in [4.69, 9.17) is 10.5 Å². The molecular weight excluding hydrogens is 492 g/mol. The fraction of sp³-hybridized carbons (Fsp3) is 0.567. The van der Waals surface area contributed by atoms with Gasteiger partial charge in [0.25, 0.3) is 0 Å². The SMILES string of the molecule is CC(N)CCN(C)c1ccc2c(c1)CNCC(=O)N1CC[C@@H](CC(=O)NCc3ccccn3)[C@@H](CCCO2)C1. The van der Waals surface area contributed by atoms with E-state index in [-0.39, 0.29) is 36.2 Å². The van der Waals surface area contributed by atoms with Crippen molar-refractivity contribution in [2.75, 3.05) is 44.7 Å². The van der Waals surface area contributed by atoms with Crippen molar-refractivity contribution in [2.45, 2.75) is 58.2 Å². The molecule has 1 saturated heterocycles. The van der Waals surface area contributed by atoms with Crippen LogP contribution in [0.1, 0.15) is 50.3 Å². The summed E-state index contributed by atoms with van der Waals surface area (Å²) >= 11 is 0. The van der Waals surface area contributed by atoms with Crippen molar-refractivity contribution in [3.05, 3.63) is 53.9 Å². The van der Waals surface area contributed by atoms with Crippen molar-refractivity contribution in [3.63, 3.8) is 0 Å². The average molecular weight is 537 g/mol. The summed E-state index contributed by atoms with van der Waals surface area (Å²) in [6.45, 7) is 6.17. The molecule has 0 spiro atoms. The molecule has 1 fully saturated rings. The molecule has 2 aliphatic heterocycles. The Morgan fingerprint density at radius 2 is 2.15 bits per heavy atom. The van der Waals surface area contributed by atoms with E-state index in [1.165, 1.54) is 0 Å². The van der Waals surface area contributed by atoms with Gasteiger partial charge in [-0.05, 0) is 74.8 Å². The molecule has 212 valence electrons. The molecule has 9 nitrogen and oxygen atoms in total. The third-order valence-electron chi connectivity index (χ3n) is 7.86. The molecule has 1 unspecified atom stereocenters. The van der Waals surface area contributed by atoms with Crippen LogP contribution in [0.5, 0.6) is 5.75 Å². The first-order valence-electron chi connectivity index (χ1n) is 14.3. The van der Waals surface area contributed by atoms with Crippen LogP contribution >= 0.6 is 0 Å². The number of nitrogens with zero attached hydrogens (tertiary/aromatic N) is 3. The van der Waals surface area contributed by atoms with Crippen molar-refractivity contribution < 1.29 is 14.3 Å². The maximum atomic E-state index is 13.1. The molecule has 0 aliphatic carbocycles. The molecule has 3 heterocycles. The number of pyridine rings is 1. The van der Waals surface area contributed by atoms with Crippen LogP contribution in [0, 0.1) is 11.8 Å². The topological polar surface area (TPSA) is 113 Å². The van der Waals surface area contributed by atoms with Crippen LogP contribution in [0.2, 0.25) is 0 Å². The van der Waals surface area contributed by atoms with Gasteiger partial charge in [-0.15, -0.1) is 0 Å². The van der Waals surface area contributed by atoms with Crippen LogP contribution in [-0.4, -0.2) is 67.6 Å². The number of hydrogen-bond donors (Lipinski definition) is 3. The second-order valence-electron chi connectivity index (χ2n) is 11.0. The van der Waals surface area contributed by atoms with E-state index in [1.54, 1.807) is 6.20 Å². The van der Waals surface area contributed by atoms with Gasteiger partial charge in [-0.1, -0.05) is 6.07 Å². The number of amides is 2. The number of rotatable bonds is 8. The molecule has 2 bridgehead atoms. The number of hydrogen-bond acceptors (Lipinski definition) is 7. The van der Waals surface area contributed by atoms with Gasteiger partial charge in [0.1, 0.15) is 5.75 Å². The molecule has 39 heavy (non-hydrogen) atoms. The number of piperidine rings is 1. The normalized spacial score (nSPS) is 20.9. The van der Waals surface area contributed by atoms with Crippen molar-refractivity contribution in [3.8, 4) is 5.75 Å². The molecular formula is C30H44N6O3. The van der Waals surface area contributed by atoms with Crippen LogP contribution in [0.15, 0.2) is 42.6 Å². The van der Waals surface area contributed by atoms with Gasteiger partial charge in [0.15, 0.2) is 0 Å². The fourth-order valence-corrected chi connectivity index (χ4v) is 5.46. The van der Waals surface area contributed by atoms with Crippen LogP contribution in [-0.2, 0) is 22.7 Å². The highest BCUT2D eigenvalue weighted by Crippen LogP contribution is 2.31. The van der Waals surface area contributed by atoms with Crippen molar-refractivity contribution >= 4 is 17.5 Å². The first-order valence-corrected chi connectivity index (χ1v) is 14.3. The van der Waals surface area contributed by atoms with E-state index < -0.39 is 0 Å². The highest BCUT2D eigenvalue weighted by Gasteiger charge is 2.32. The number of carbonyl (C=O) groups excluding carboxylic acids is 2. The number of carbonyl (C=O) groups is 2. The van der Waals surface area contributed by atoms with E-state index >= 15 is 0 Å². The number of anilines is 1. The summed E-state index contributed by atoms with van der Waals surface area (Å²) < 4.78 is 6.24. The molecule has 1 aromatic heterocycles. The minimum atomic E-state index is 0.0434. The Bertz CT molecular complexity index is 1080. The van der Waals surface area contributed by atoms with Gasteiger partial charge in [-0.2, -0.15) is 0 Å². The van der Waals surface area contributed by atoms with Gasteiger partial charge in [0.05, 0.1) is 25.4 Å². The van der Waals surface area contributed by atoms with Crippen LogP contribution in [0.25, 0.3) is 0 Å². The largest absolute Gasteiger partial charge is 0.493 e. The summed E-state index contributed by atoms with van der Waals surface area (Å²) in [5.74, 6) is 1.53. The van der Waals surface area contributed by atoms with Gasteiger partial charge in [0, 0.05) is 63.1 Å². The minimum Gasteiger partial charge on any atom is -0.493 e. The molecule has 4 rings (SSSR count). The summed E-state index contributed by atoms with van der Waals surface area (Å²) in [4.78, 5) is 34.3. The van der Waals surface area contributed by atoms with E-state index in [1.807, 2.05) is 36.1 Å². The predicted octanol–water partition coefficient (Wildman–Crippen LogP) is 2.69. The first kappa shape index (κ1) is 28.8. The Morgan fingerprint density at radius 1 is 1.28 bits per heavy atom. The number of benzene rings is 1. The third-order valence-corrected chi connectivity index (χ3v) is 7.86. The van der Waals surface area contributed by atoms with E-state index in [2.05, 4.69) is 39.7 Å². The molecule has 1 aromatic carbocycles. The molecule has 0 saturated carbocycles. The standard InChI is InChI=1S/C30H44N6O3/c1-22(31)10-13-35(2)27-8-9-28-25(16-27)18-32-20-30(38)36-14-11-23(24(21-36)6-5-15-39-28)17-29(37)34-19-26-7-3-4-12-33-26/h3-4,7-9,12,16,22-24,32H,5-6,10-11,13-15,17-21,31H2,1-2H3,(H,34,37)/t22?,23-,24-/m0/s1. The second kappa shape index (κ2) is 14.3. The maximum absolute atomic E-state index is 13.1. The lowest BCUT2D eigenvalue weighted by Crippen LogP contribution is -2.47. The zero-order valence-electron chi connectivity index (χ0n) is 23.4. The number of aromatic nitrogens is 1. The quantitative estimate of drug-likeness (QED) is 0.476. The molecule has 2 aliphatic rings. The summed E-state index contributed by atoms with van der Waals surface area (Å²) in [6.07, 6.45) is 5.76. The summed E-state index contributed by atoms with van der Waals surface area (Å²) in [6, 6.07) is 12.1. The van der Waals surface area contributed by atoms with Crippen LogP contribution in [0.4, 0.5) is 5.69 Å². The molecule has 3 atom stereocenters. The van der Waals surface area contributed by atoms with E-state index in [0.717, 1.165) is 54.9 Å². The molecule has 9 heteroatoms. The van der Waals surface area contributed by atoms with Crippen molar-refractivity contribution in [1.82, 2.24) is 20.5 Å². The number of nitrogens with two attached hydrogens (primary N) is 1. The second-order valence-corrected chi connectivity index (χ2v) is 11.0. The summed E-state index contributed by atoms with van der Waals surface area (Å²) in [5, 5.41) is 6.36. The van der Waals surface area contributed by atoms with Crippen molar-refractivity contribution in [1.29, 1.82) is 0 Å². The summed E-state index contributed by atoms with van der Waals surface area (Å²) in [5.41, 5.74) is 8.95. The Balaban J connectivity index is 1.37. The zero-order valence-corrected chi connectivity index (χ0v) is 23.4. The monoisotopic (exact) mass is 536 g/mol. The molecule has 4 N–H and O–H groups in total. The van der Waals surface area contributed by atoms with E-state index in [0.29, 0.717) is 39.2 Å². The first-order chi connectivity index (χ1) is 18.9. The Hall–Kier alpha value is -3.17. The Labute approximate surface area is 232 Å². The lowest BCUT2D eigenvalue weighted by atomic mass is 9.80. The van der Waals surface area contributed by atoms with Gasteiger partial charge < -0.3 is 30.9 Å². The van der Waals surface area contributed by atoms with Crippen molar-refractivity contribution in [2.24, 2.45) is 17.6 Å². The van der Waals surface area contributed by atoms with Gasteiger partial charge >= 0.3 is 0 Å².